The molecule has 0 aliphatic heterocycles. The minimum atomic E-state index is 0. The van der Waals surface area contributed by atoms with Crippen LogP contribution in [0.2, 0.25) is 5.02 Å². The van der Waals surface area contributed by atoms with Crippen molar-refractivity contribution in [2.45, 2.75) is 18.6 Å². The van der Waals surface area contributed by atoms with Crippen molar-refractivity contribution in [3.05, 3.63) is 28.8 Å². The number of nitrogens with zero attached hydrogens (tertiary/aromatic N) is 4. The molecule has 6 nitrogen and oxygen atoms in total. The fourth-order valence-corrected chi connectivity index (χ4v) is 2.70. The van der Waals surface area contributed by atoms with Crippen molar-refractivity contribution in [2.24, 2.45) is 7.05 Å². The zero-order chi connectivity index (χ0) is 15.1. The Bertz CT molecular complexity index is 581. The Labute approximate surface area is 145 Å². The Hall–Kier alpha value is -1.02. The second-order valence-corrected chi connectivity index (χ2v) is 5.79. The van der Waals surface area contributed by atoms with Gasteiger partial charge in [0.1, 0.15) is 5.75 Å². The first-order chi connectivity index (χ1) is 10.2. The molecule has 2 aromatic rings. The molecule has 1 heterocycles. The molecule has 1 N–H and O–H groups in total. The van der Waals surface area contributed by atoms with Crippen LogP contribution in [0.4, 0.5) is 0 Å². The molecule has 1 aromatic heterocycles. The highest BCUT2D eigenvalue weighted by Gasteiger charge is 2.05. The van der Waals surface area contributed by atoms with Crippen LogP contribution in [0.1, 0.15) is 12.5 Å². The van der Waals surface area contributed by atoms with E-state index in [9.17, 15) is 0 Å². The van der Waals surface area contributed by atoms with Crippen LogP contribution in [-0.4, -0.2) is 39.1 Å². The molecule has 0 atom stereocenters. The van der Waals surface area contributed by atoms with Crippen molar-refractivity contribution >= 4 is 35.8 Å². The largest absolute Gasteiger partial charge is 0.494 e. The van der Waals surface area contributed by atoms with Gasteiger partial charge in [-0.05, 0) is 35.5 Å². The van der Waals surface area contributed by atoms with Crippen LogP contribution in [0.3, 0.4) is 0 Å². The number of thioether (sulfide) groups is 1. The average Bonchev–Trinajstić information content (AvgIpc) is 2.87. The molecule has 22 heavy (non-hydrogen) atoms. The van der Waals surface area contributed by atoms with Crippen LogP contribution in [0.15, 0.2) is 23.4 Å². The number of benzene rings is 1. The van der Waals surface area contributed by atoms with E-state index >= 15 is 0 Å². The summed E-state index contributed by atoms with van der Waals surface area (Å²) in [6.45, 7) is 4.17. The minimum absolute atomic E-state index is 0. The van der Waals surface area contributed by atoms with Gasteiger partial charge in [0.15, 0.2) is 0 Å². The van der Waals surface area contributed by atoms with E-state index in [-0.39, 0.29) is 12.4 Å². The van der Waals surface area contributed by atoms with Crippen LogP contribution in [0, 0.1) is 0 Å². The molecule has 0 spiro atoms. The van der Waals surface area contributed by atoms with Crippen molar-refractivity contribution in [3.8, 4) is 5.75 Å². The number of nitrogens with one attached hydrogen (secondary N) is 1. The smallest absolute Gasteiger partial charge is 0.209 e. The van der Waals surface area contributed by atoms with Crippen LogP contribution in [0.25, 0.3) is 0 Å². The lowest BCUT2D eigenvalue weighted by molar-refractivity contribution is 0.335. The first kappa shape index (κ1) is 19.0. The number of rotatable bonds is 8. The van der Waals surface area contributed by atoms with Gasteiger partial charge in [-0.1, -0.05) is 23.4 Å². The van der Waals surface area contributed by atoms with E-state index in [1.807, 2.05) is 32.2 Å². The van der Waals surface area contributed by atoms with Gasteiger partial charge >= 0.3 is 0 Å². The molecule has 0 fully saturated rings. The van der Waals surface area contributed by atoms with E-state index in [0.717, 1.165) is 33.8 Å². The molecule has 0 aliphatic carbocycles. The molecule has 0 amide bonds. The fourth-order valence-electron chi connectivity index (χ4n) is 1.76. The number of ether oxygens (including phenoxy) is 1. The molecular weight excluding hydrogens is 345 g/mol. The summed E-state index contributed by atoms with van der Waals surface area (Å²) in [5.41, 5.74) is 1.06. The molecule has 2 rings (SSSR count). The third-order valence-corrected chi connectivity index (χ3v) is 3.98. The Balaban J connectivity index is 0.00000242. The molecule has 9 heteroatoms. The SMILES string of the molecule is CCOc1ccc(Cl)cc1CNCCSc1nnnn1C.Cl. The fraction of sp³-hybridized carbons (Fsp3) is 0.462. The van der Waals surface area contributed by atoms with Gasteiger partial charge in [-0.2, -0.15) is 0 Å². The second kappa shape index (κ2) is 9.89. The average molecular weight is 364 g/mol. The monoisotopic (exact) mass is 363 g/mol. The van der Waals surface area contributed by atoms with Gasteiger partial charge in [0.05, 0.1) is 6.61 Å². The highest BCUT2D eigenvalue weighted by Crippen LogP contribution is 2.22. The van der Waals surface area contributed by atoms with E-state index in [2.05, 4.69) is 20.8 Å². The number of tetrazole rings is 1. The molecule has 0 bridgehead atoms. The lowest BCUT2D eigenvalue weighted by Crippen LogP contribution is -2.17. The summed E-state index contributed by atoms with van der Waals surface area (Å²) in [7, 11) is 1.83. The predicted octanol–water partition coefficient (Wildman–Crippen LogP) is 2.57. The van der Waals surface area contributed by atoms with Crippen LogP contribution >= 0.6 is 35.8 Å². The van der Waals surface area contributed by atoms with E-state index in [4.69, 9.17) is 16.3 Å². The van der Waals surface area contributed by atoms with Crippen molar-refractivity contribution < 1.29 is 4.74 Å². The van der Waals surface area contributed by atoms with Crippen LogP contribution in [-0.2, 0) is 13.6 Å². The van der Waals surface area contributed by atoms with E-state index in [0.29, 0.717) is 13.2 Å². The highest BCUT2D eigenvalue weighted by atomic mass is 35.5. The number of halogens is 2. The number of aryl methyl sites for hydroxylation is 1. The lowest BCUT2D eigenvalue weighted by Gasteiger charge is -2.11. The third-order valence-electron chi connectivity index (χ3n) is 2.73. The topological polar surface area (TPSA) is 64.9 Å². The summed E-state index contributed by atoms with van der Waals surface area (Å²) < 4.78 is 7.25. The van der Waals surface area contributed by atoms with Gasteiger partial charge in [0.25, 0.3) is 0 Å². The maximum atomic E-state index is 6.03. The number of hydrogen-bond acceptors (Lipinski definition) is 6. The van der Waals surface area contributed by atoms with Crippen LogP contribution in [0.5, 0.6) is 5.75 Å². The van der Waals surface area contributed by atoms with Gasteiger partial charge < -0.3 is 10.1 Å². The molecule has 0 saturated heterocycles. The van der Waals surface area contributed by atoms with Gasteiger partial charge in [-0.3, -0.25) is 0 Å². The number of aromatic nitrogens is 4. The van der Waals surface area contributed by atoms with E-state index in [1.54, 1.807) is 16.4 Å². The summed E-state index contributed by atoms with van der Waals surface area (Å²) in [5.74, 6) is 1.76. The van der Waals surface area contributed by atoms with Crippen molar-refractivity contribution in [2.75, 3.05) is 18.9 Å². The summed E-state index contributed by atoms with van der Waals surface area (Å²) in [5, 5.41) is 16.2. The Kier molecular flexibility index (Phi) is 8.55. The maximum absolute atomic E-state index is 6.03. The van der Waals surface area contributed by atoms with Gasteiger partial charge in [-0.25, -0.2) is 4.68 Å². The van der Waals surface area contributed by atoms with E-state index in [1.165, 1.54) is 0 Å². The zero-order valence-corrected chi connectivity index (χ0v) is 14.8. The maximum Gasteiger partial charge on any atom is 0.209 e. The Morgan fingerprint density at radius 3 is 2.91 bits per heavy atom. The summed E-state index contributed by atoms with van der Waals surface area (Å²) in [6, 6.07) is 5.68. The molecule has 1 aromatic carbocycles. The molecule has 0 saturated carbocycles. The van der Waals surface area contributed by atoms with Gasteiger partial charge in [-0.15, -0.1) is 17.5 Å². The third kappa shape index (κ3) is 5.64. The van der Waals surface area contributed by atoms with Crippen molar-refractivity contribution in [1.29, 1.82) is 0 Å². The Morgan fingerprint density at radius 2 is 2.23 bits per heavy atom. The predicted molar refractivity (Wildman–Crippen MR) is 91.1 cm³/mol. The Morgan fingerprint density at radius 1 is 1.41 bits per heavy atom. The summed E-state index contributed by atoms with van der Waals surface area (Å²) in [6.07, 6.45) is 0. The zero-order valence-electron chi connectivity index (χ0n) is 12.5. The second-order valence-electron chi connectivity index (χ2n) is 4.30. The lowest BCUT2D eigenvalue weighted by atomic mass is 10.2. The summed E-state index contributed by atoms with van der Waals surface area (Å²) >= 11 is 7.64. The standard InChI is InChI=1S/C13H18ClN5OS.ClH/c1-3-20-12-5-4-11(14)8-10(12)9-15-6-7-21-13-16-17-18-19(13)2;/h4-5,8,15H,3,6-7,9H2,1-2H3;1H. The first-order valence-corrected chi connectivity index (χ1v) is 8.04. The van der Waals surface area contributed by atoms with Gasteiger partial charge in [0, 0.05) is 36.5 Å². The molecular formula is C13H19Cl2N5OS. The molecule has 0 unspecified atom stereocenters. The van der Waals surface area contributed by atoms with E-state index < -0.39 is 0 Å². The minimum Gasteiger partial charge on any atom is -0.494 e. The normalized spacial score (nSPS) is 10.3. The molecule has 0 radical (unpaired) electrons. The quantitative estimate of drug-likeness (QED) is 0.574. The molecule has 122 valence electrons. The number of hydrogen-bond donors (Lipinski definition) is 1. The van der Waals surface area contributed by atoms with Crippen LogP contribution < -0.4 is 10.1 Å². The summed E-state index contributed by atoms with van der Waals surface area (Å²) in [4.78, 5) is 0. The highest BCUT2D eigenvalue weighted by molar-refractivity contribution is 7.99. The van der Waals surface area contributed by atoms with Crippen molar-refractivity contribution in [3.63, 3.8) is 0 Å². The molecule has 0 aliphatic rings. The van der Waals surface area contributed by atoms with Gasteiger partial charge in [0.2, 0.25) is 5.16 Å². The van der Waals surface area contributed by atoms with Crippen molar-refractivity contribution in [1.82, 2.24) is 25.5 Å². The first-order valence-electron chi connectivity index (χ1n) is 6.67.